The minimum atomic E-state index is -0.243. The first-order valence-electron chi connectivity index (χ1n) is 19.3. The lowest BCUT2D eigenvalue weighted by Crippen LogP contribution is -2.27. The summed E-state index contributed by atoms with van der Waals surface area (Å²) in [5.74, 6) is 2.13. The fourth-order valence-corrected chi connectivity index (χ4v) is 8.05. The van der Waals surface area contributed by atoms with E-state index in [9.17, 15) is 4.39 Å². The molecular weight excluding hydrogens is 692 g/mol. The number of benzene rings is 6. The van der Waals surface area contributed by atoms with E-state index >= 15 is 0 Å². The molecule has 0 amide bonds. The van der Waals surface area contributed by atoms with Gasteiger partial charge in [-0.2, -0.15) is 0 Å². The van der Waals surface area contributed by atoms with Crippen molar-refractivity contribution < 1.29 is 9.13 Å². The highest BCUT2D eigenvalue weighted by Crippen LogP contribution is 2.50. The fourth-order valence-electron chi connectivity index (χ4n) is 8.05. The van der Waals surface area contributed by atoms with Gasteiger partial charge in [-0.1, -0.05) is 108 Å². The Kier molecular flexibility index (Phi) is 8.46. The average molecular weight is 737 g/mol. The molecule has 0 saturated carbocycles. The van der Waals surface area contributed by atoms with Crippen molar-refractivity contribution >= 4 is 44.6 Å². The largest absolute Gasteiger partial charge is 0.457 e. The van der Waals surface area contributed by atoms with E-state index in [1.54, 1.807) is 0 Å². The summed E-state index contributed by atoms with van der Waals surface area (Å²) in [6.07, 6.45) is 1.91. The second-order valence-electron chi connectivity index (χ2n) is 16.7. The minimum Gasteiger partial charge on any atom is -0.457 e. The molecule has 6 heteroatoms. The summed E-state index contributed by atoms with van der Waals surface area (Å²) in [6, 6.07) is 49.3. The Labute approximate surface area is 328 Å². The van der Waals surface area contributed by atoms with Gasteiger partial charge in [-0.15, -0.1) is 0 Å². The predicted molar refractivity (Wildman–Crippen MR) is 230 cm³/mol. The smallest absolute Gasteiger partial charge is 0.137 e. The number of hydrogen-bond donors (Lipinski definition) is 0. The number of fused-ring (bicyclic) bond motifs is 4. The maximum Gasteiger partial charge on any atom is 0.137 e. The minimum absolute atomic E-state index is 0.0104. The van der Waals surface area contributed by atoms with Crippen LogP contribution in [-0.2, 0) is 10.8 Å². The number of anilines is 4. The molecule has 1 aliphatic heterocycles. The molecule has 0 atom stereocenters. The molecule has 5 nitrogen and oxygen atoms in total. The number of rotatable bonds is 6. The highest BCUT2D eigenvalue weighted by molar-refractivity contribution is 6.09. The van der Waals surface area contributed by atoms with Crippen LogP contribution in [-0.4, -0.2) is 16.2 Å². The highest BCUT2D eigenvalue weighted by atomic mass is 19.1. The van der Waals surface area contributed by atoms with E-state index in [4.69, 9.17) is 9.72 Å². The van der Waals surface area contributed by atoms with Crippen molar-refractivity contribution in [2.45, 2.75) is 52.4 Å². The van der Waals surface area contributed by atoms with Crippen LogP contribution in [0, 0.1) is 5.82 Å². The average Bonchev–Trinajstić information content (AvgIpc) is 3.73. The van der Waals surface area contributed by atoms with Crippen molar-refractivity contribution in [2.24, 2.45) is 0 Å². The van der Waals surface area contributed by atoms with Gasteiger partial charge in [0.15, 0.2) is 0 Å². The number of nitrogens with zero attached hydrogens (tertiary/aromatic N) is 4. The van der Waals surface area contributed by atoms with Gasteiger partial charge in [0, 0.05) is 40.4 Å². The molecule has 8 aromatic rings. The topological polar surface area (TPSA) is 33.5 Å². The van der Waals surface area contributed by atoms with E-state index in [1.165, 1.54) is 28.6 Å². The maximum atomic E-state index is 14.1. The molecule has 278 valence electrons. The molecule has 0 spiro atoms. The summed E-state index contributed by atoms with van der Waals surface area (Å²) in [5.41, 5.74) is 10.9. The number of pyridine rings is 1. The zero-order chi connectivity index (χ0) is 38.8. The van der Waals surface area contributed by atoms with Crippen LogP contribution in [0.1, 0.15) is 52.7 Å². The van der Waals surface area contributed by atoms with E-state index in [0.717, 1.165) is 67.6 Å². The monoisotopic (exact) mass is 736 g/mol. The molecule has 0 N–H and O–H groups in total. The normalized spacial score (nSPS) is 13.1. The Hall–Kier alpha value is -6.40. The third-order valence-electron chi connectivity index (χ3n) is 10.9. The summed E-state index contributed by atoms with van der Waals surface area (Å²) >= 11 is 0. The van der Waals surface area contributed by atoms with Gasteiger partial charge in [0.1, 0.15) is 29.8 Å². The van der Waals surface area contributed by atoms with Gasteiger partial charge in [-0.25, -0.2) is 9.37 Å². The van der Waals surface area contributed by atoms with Crippen molar-refractivity contribution in [3.8, 4) is 28.4 Å². The molecule has 0 fully saturated rings. The first-order valence-corrected chi connectivity index (χ1v) is 19.3. The highest BCUT2D eigenvalue weighted by Gasteiger charge is 2.33. The van der Waals surface area contributed by atoms with Gasteiger partial charge in [0.25, 0.3) is 0 Å². The predicted octanol–water partition coefficient (Wildman–Crippen LogP) is 13.6. The van der Waals surface area contributed by atoms with Crippen LogP contribution in [0.3, 0.4) is 0 Å². The van der Waals surface area contributed by atoms with Crippen LogP contribution in [0.4, 0.5) is 27.1 Å². The van der Waals surface area contributed by atoms with Crippen LogP contribution >= 0.6 is 0 Å². The summed E-state index contributed by atoms with van der Waals surface area (Å²) in [6.45, 7) is 14.0. The van der Waals surface area contributed by atoms with Crippen molar-refractivity contribution in [2.75, 3.05) is 16.5 Å². The lowest BCUT2D eigenvalue weighted by molar-refractivity contribution is 0.483. The van der Waals surface area contributed by atoms with Gasteiger partial charge in [0.2, 0.25) is 0 Å². The molecule has 0 aliphatic carbocycles. The van der Waals surface area contributed by atoms with E-state index in [-0.39, 0.29) is 16.6 Å². The summed E-state index contributed by atoms with van der Waals surface area (Å²) < 4.78 is 23.0. The standard InChI is InChI=1S/C50H45FN4O/c1-49(2,3)34-27-28-52-47(29-34)55-43-18-8-7-15-40(43)41-26-25-38(31-46(41)55)56-37-14-11-13-36(30-37)53-32-54(45-20-10-9-19-44(45)53)48-39(33-21-23-35(51)24-22-33)16-12-17-42(48)50(4,5)6/h7-31H,32H2,1-6H3. The molecule has 56 heavy (non-hydrogen) atoms. The van der Waals surface area contributed by atoms with Gasteiger partial charge in [0.05, 0.1) is 28.1 Å². The Morgan fingerprint density at radius 1 is 0.589 bits per heavy atom. The molecular formula is C50H45FN4O. The summed E-state index contributed by atoms with van der Waals surface area (Å²) in [7, 11) is 0. The molecule has 3 heterocycles. The first kappa shape index (κ1) is 35.3. The summed E-state index contributed by atoms with van der Waals surface area (Å²) in [4.78, 5) is 9.59. The molecule has 0 radical (unpaired) electrons. The summed E-state index contributed by atoms with van der Waals surface area (Å²) in [5, 5.41) is 2.32. The van der Waals surface area contributed by atoms with Gasteiger partial charge >= 0.3 is 0 Å². The molecule has 9 rings (SSSR count). The Bertz CT molecular complexity index is 2750. The SMILES string of the molecule is CC(C)(C)c1ccnc(-n2c3ccccc3c3ccc(Oc4cccc(N5CN(c6c(-c7ccc(F)cc7)cccc6C(C)(C)C)c6ccccc65)c4)cc32)c1. The molecule has 2 aromatic heterocycles. The molecule has 0 unspecified atom stereocenters. The quantitative estimate of drug-likeness (QED) is 0.170. The second kappa shape index (κ2) is 13.4. The molecule has 0 saturated heterocycles. The number of ether oxygens (including phenoxy) is 1. The fraction of sp³-hybridized carbons (Fsp3) is 0.180. The van der Waals surface area contributed by atoms with Crippen molar-refractivity contribution in [3.63, 3.8) is 0 Å². The number of para-hydroxylation sites is 4. The van der Waals surface area contributed by atoms with E-state index in [2.05, 4.69) is 171 Å². The van der Waals surface area contributed by atoms with E-state index in [1.807, 2.05) is 24.4 Å². The first-order chi connectivity index (χ1) is 26.9. The van der Waals surface area contributed by atoms with Crippen molar-refractivity contribution in [3.05, 3.63) is 169 Å². The van der Waals surface area contributed by atoms with E-state index in [0.29, 0.717) is 6.67 Å². The van der Waals surface area contributed by atoms with Crippen LogP contribution in [0.5, 0.6) is 11.5 Å². The number of aromatic nitrogens is 2. The van der Waals surface area contributed by atoms with Crippen LogP contribution in [0.2, 0.25) is 0 Å². The van der Waals surface area contributed by atoms with Gasteiger partial charge < -0.3 is 14.5 Å². The molecule has 0 bridgehead atoms. The third kappa shape index (κ3) is 6.25. The lowest BCUT2D eigenvalue weighted by Gasteiger charge is -2.31. The molecule has 6 aromatic carbocycles. The Morgan fingerprint density at radius 2 is 1.29 bits per heavy atom. The number of hydrogen-bond acceptors (Lipinski definition) is 4. The van der Waals surface area contributed by atoms with Crippen LogP contribution in [0.15, 0.2) is 152 Å². The van der Waals surface area contributed by atoms with Crippen LogP contribution in [0.25, 0.3) is 38.8 Å². The van der Waals surface area contributed by atoms with Crippen molar-refractivity contribution in [1.29, 1.82) is 0 Å². The third-order valence-corrected chi connectivity index (χ3v) is 10.9. The zero-order valence-electron chi connectivity index (χ0n) is 32.7. The Morgan fingerprint density at radius 3 is 2.05 bits per heavy atom. The Balaban J connectivity index is 1.10. The van der Waals surface area contributed by atoms with Gasteiger partial charge in [-0.05, 0) is 94.3 Å². The second-order valence-corrected chi connectivity index (χ2v) is 16.7. The van der Waals surface area contributed by atoms with Gasteiger partial charge in [-0.3, -0.25) is 4.57 Å². The van der Waals surface area contributed by atoms with E-state index < -0.39 is 0 Å². The van der Waals surface area contributed by atoms with Crippen molar-refractivity contribution in [1.82, 2.24) is 9.55 Å². The zero-order valence-corrected chi connectivity index (χ0v) is 32.7. The maximum absolute atomic E-state index is 14.1. The lowest BCUT2D eigenvalue weighted by atomic mass is 9.83. The number of halogens is 1. The molecule has 1 aliphatic rings. The van der Waals surface area contributed by atoms with Crippen LogP contribution < -0.4 is 14.5 Å².